The SMILES string of the molecule is COc1cccc(CC2Cc3ccccc3CC(=O)N2)c1. The maximum atomic E-state index is 12.0. The minimum atomic E-state index is 0.104. The molecule has 0 saturated carbocycles. The first-order chi connectivity index (χ1) is 10.2. The summed E-state index contributed by atoms with van der Waals surface area (Å²) in [7, 11) is 1.67. The number of amides is 1. The number of hydrogen-bond donors (Lipinski definition) is 1. The number of ether oxygens (including phenoxy) is 1. The summed E-state index contributed by atoms with van der Waals surface area (Å²) in [6, 6.07) is 16.4. The summed E-state index contributed by atoms with van der Waals surface area (Å²) in [6.45, 7) is 0. The highest BCUT2D eigenvalue weighted by molar-refractivity contribution is 5.80. The molecule has 0 saturated heterocycles. The standard InChI is InChI=1S/C18H19NO2/c1-21-17-8-4-5-13(10-17)9-16-11-14-6-2-3-7-15(14)12-18(20)19-16/h2-8,10,16H,9,11-12H2,1H3,(H,19,20). The number of hydrogen-bond acceptors (Lipinski definition) is 2. The Bertz CT molecular complexity index is 651. The zero-order valence-corrected chi connectivity index (χ0v) is 12.1. The lowest BCUT2D eigenvalue weighted by Gasteiger charge is -2.16. The molecule has 0 spiro atoms. The van der Waals surface area contributed by atoms with E-state index < -0.39 is 0 Å². The van der Waals surface area contributed by atoms with E-state index in [0.29, 0.717) is 6.42 Å². The van der Waals surface area contributed by atoms with Gasteiger partial charge in [0.25, 0.3) is 0 Å². The van der Waals surface area contributed by atoms with Gasteiger partial charge in [-0.2, -0.15) is 0 Å². The molecule has 0 bridgehead atoms. The molecule has 1 amide bonds. The quantitative estimate of drug-likeness (QED) is 0.939. The lowest BCUT2D eigenvalue weighted by atomic mass is 9.97. The smallest absolute Gasteiger partial charge is 0.224 e. The van der Waals surface area contributed by atoms with Crippen molar-refractivity contribution in [2.45, 2.75) is 25.3 Å². The summed E-state index contributed by atoms with van der Waals surface area (Å²) in [6.07, 6.45) is 2.17. The van der Waals surface area contributed by atoms with Gasteiger partial charge in [0, 0.05) is 6.04 Å². The molecule has 21 heavy (non-hydrogen) atoms. The fourth-order valence-corrected chi connectivity index (χ4v) is 2.90. The Morgan fingerprint density at radius 1 is 1.14 bits per heavy atom. The summed E-state index contributed by atoms with van der Waals surface area (Å²) in [5.74, 6) is 0.959. The Balaban J connectivity index is 1.80. The van der Waals surface area contributed by atoms with Gasteiger partial charge in [-0.3, -0.25) is 4.79 Å². The molecule has 1 atom stereocenters. The first kappa shape index (κ1) is 13.7. The highest BCUT2D eigenvalue weighted by Crippen LogP contribution is 2.19. The third-order valence-corrected chi connectivity index (χ3v) is 3.92. The largest absolute Gasteiger partial charge is 0.497 e. The number of fused-ring (bicyclic) bond motifs is 1. The molecule has 1 heterocycles. The van der Waals surface area contributed by atoms with Crippen LogP contribution in [0.25, 0.3) is 0 Å². The van der Waals surface area contributed by atoms with Gasteiger partial charge in [0.15, 0.2) is 0 Å². The third-order valence-electron chi connectivity index (χ3n) is 3.92. The Hall–Kier alpha value is -2.29. The number of carbonyl (C=O) groups excluding carboxylic acids is 1. The highest BCUT2D eigenvalue weighted by atomic mass is 16.5. The maximum absolute atomic E-state index is 12.0. The molecule has 3 nitrogen and oxygen atoms in total. The molecule has 3 heteroatoms. The van der Waals surface area contributed by atoms with E-state index in [1.54, 1.807) is 7.11 Å². The van der Waals surface area contributed by atoms with Crippen LogP contribution in [-0.4, -0.2) is 19.1 Å². The number of carbonyl (C=O) groups is 1. The van der Waals surface area contributed by atoms with Gasteiger partial charge in [0.1, 0.15) is 5.75 Å². The van der Waals surface area contributed by atoms with Crippen LogP contribution in [0.1, 0.15) is 16.7 Å². The number of rotatable bonds is 3. The van der Waals surface area contributed by atoms with Gasteiger partial charge >= 0.3 is 0 Å². The number of benzene rings is 2. The monoisotopic (exact) mass is 281 g/mol. The summed E-state index contributed by atoms with van der Waals surface area (Å²) in [4.78, 5) is 12.0. The molecule has 0 aliphatic carbocycles. The molecule has 0 radical (unpaired) electrons. The number of nitrogens with one attached hydrogen (secondary N) is 1. The van der Waals surface area contributed by atoms with E-state index in [-0.39, 0.29) is 11.9 Å². The van der Waals surface area contributed by atoms with Crippen LogP contribution in [0, 0.1) is 0 Å². The van der Waals surface area contributed by atoms with Crippen LogP contribution >= 0.6 is 0 Å². The van der Waals surface area contributed by atoms with Gasteiger partial charge in [0.2, 0.25) is 5.91 Å². The van der Waals surface area contributed by atoms with Crippen LogP contribution in [0.15, 0.2) is 48.5 Å². The summed E-state index contributed by atoms with van der Waals surface area (Å²) in [5, 5.41) is 3.13. The molecule has 2 aromatic carbocycles. The first-order valence-electron chi connectivity index (χ1n) is 7.23. The zero-order chi connectivity index (χ0) is 14.7. The van der Waals surface area contributed by atoms with Crippen molar-refractivity contribution in [2.24, 2.45) is 0 Å². The summed E-state index contributed by atoms with van der Waals surface area (Å²) < 4.78 is 5.26. The molecule has 3 rings (SSSR count). The van der Waals surface area contributed by atoms with Gasteiger partial charge in [-0.1, -0.05) is 36.4 Å². The van der Waals surface area contributed by atoms with Crippen LogP contribution in [0.4, 0.5) is 0 Å². The molecule has 1 aliphatic rings. The van der Waals surface area contributed by atoms with Crippen LogP contribution < -0.4 is 10.1 Å². The Morgan fingerprint density at radius 2 is 1.95 bits per heavy atom. The number of methoxy groups -OCH3 is 1. The molecule has 1 unspecified atom stereocenters. The van der Waals surface area contributed by atoms with Gasteiger partial charge in [-0.25, -0.2) is 0 Å². The van der Waals surface area contributed by atoms with Crippen LogP contribution in [-0.2, 0) is 24.1 Å². The molecule has 2 aromatic rings. The van der Waals surface area contributed by atoms with Crippen molar-refractivity contribution >= 4 is 5.91 Å². The van der Waals surface area contributed by atoms with E-state index >= 15 is 0 Å². The predicted octanol–water partition coefficient (Wildman–Crippen LogP) is 2.52. The van der Waals surface area contributed by atoms with Crippen molar-refractivity contribution in [2.75, 3.05) is 7.11 Å². The second kappa shape index (κ2) is 6.00. The van der Waals surface area contributed by atoms with E-state index in [2.05, 4.69) is 17.4 Å². The van der Waals surface area contributed by atoms with E-state index in [1.165, 1.54) is 11.1 Å². The van der Waals surface area contributed by atoms with Crippen molar-refractivity contribution in [3.8, 4) is 5.75 Å². The van der Waals surface area contributed by atoms with Crippen LogP contribution in [0.2, 0.25) is 0 Å². The fourth-order valence-electron chi connectivity index (χ4n) is 2.90. The van der Waals surface area contributed by atoms with Crippen LogP contribution in [0.3, 0.4) is 0 Å². The molecule has 108 valence electrons. The van der Waals surface area contributed by atoms with Gasteiger partial charge in [-0.05, 0) is 41.7 Å². The average molecular weight is 281 g/mol. The van der Waals surface area contributed by atoms with E-state index in [4.69, 9.17) is 4.74 Å². The van der Waals surface area contributed by atoms with Crippen molar-refractivity contribution in [1.82, 2.24) is 5.32 Å². The fraction of sp³-hybridized carbons (Fsp3) is 0.278. The Morgan fingerprint density at radius 3 is 2.76 bits per heavy atom. The van der Waals surface area contributed by atoms with E-state index in [9.17, 15) is 4.79 Å². The molecule has 0 fully saturated rings. The Labute approximate surface area is 124 Å². The van der Waals surface area contributed by atoms with Crippen molar-refractivity contribution in [3.63, 3.8) is 0 Å². The zero-order valence-electron chi connectivity index (χ0n) is 12.1. The van der Waals surface area contributed by atoms with Gasteiger partial charge in [-0.15, -0.1) is 0 Å². The van der Waals surface area contributed by atoms with Gasteiger partial charge in [0.05, 0.1) is 13.5 Å². The minimum absolute atomic E-state index is 0.104. The average Bonchev–Trinajstić information content (AvgIpc) is 2.64. The van der Waals surface area contributed by atoms with Crippen molar-refractivity contribution in [3.05, 3.63) is 65.2 Å². The summed E-state index contributed by atoms with van der Waals surface area (Å²) >= 11 is 0. The molecular weight excluding hydrogens is 262 g/mol. The molecule has 1 N–H and O–H groups in total. The second-order valence-electron chi connectivity index (χ2n) is 5.47. The Kier molecular flexibility index (Phi) is 3.91. The topological polar surface area (TPSA) is 38.3 Å². The second-order valence-corrected chi connectivity index (χ2v) is 5.47. The summed E-state index contributed by atoms with van der Waals surface area (Å²) in [5.41, 5.74) is 3.59. The third kappa shape index (κ3) is 3.24. The lowest BCUT2D eigenvalue weighted by Crippen LogP contribution is -2.36. The molecule has 1 aliphatic heterocycles. The van der Waals surface area contributed by atoms with Crippen molar-refractivity contribution in [1.29, 1.82) is 0 Å². The lowest BCUT2D eigenvalue weighted by molar-refractivity contribution is -0.120. The van der Waals surface area contributed by atoms with Crippen molar-refractivity contribution < 1.29 is 9.53 Å². The highest BCUT2D eigenvalue weighted by Gasteiger charge is 2.20. The first-order valence-corrected chi connectivity index (χ1v) is 7.23. The normalized spacial score (nSPS) is 17.6. The van der Waals surface area contributed by atoms with E-state index in [0.717, 1.165) is 24.2 Å². The molecular formula is C18H19NO2. The molecule has 0 aromatic heterocycles. The predicted molar refractivity (Wildman–Crippen MR) is 82.5 cm³/mol. The van der Waals surface area contributed by atoms with Crippen LogP contribution in [0.5, 0.6) is 5.75 Å². The maximum Gasteiger partial charge on any atom is 0.224 e. The minimum Gasteiger partial charge on any atom is -0.497 e. The van der Waals surface area contributed by atoms with Gasteiger partial charge < -0.3 is 10.1 Å². The van der Waals surface area contributed by atoms with E-state index in [1.807, 2.05) is 36.4 Å².